The van der Waals surface area contributed by atoms with Crippen molar-refractivity contribution in [1.82, 2.24) is 24.6 Å². The van der Waals surface area contributed by atoms with Gasteiger partial charge >= 0.3 is 0 Å². The number of carbonyl (C=O) groups excluding carboxylic acids is 1. The third-order valence-corrected chi connectivity index (χ3v) is 4.66. The maximum atomic E-state index is 12.6. The average Bonchev–Trinajstić information content (AvgIpc) is 3.04. The van der Waals surface area contributed by atoms with Crippen LogP contribution in [0.4, 0.5) is 0 Å². The summed E-state index contributed by atoms with van der Waals surface area (Å²) in [6, 6.07) is 10.3. The molecule has 6 heteroatoms. The van der Waals surface area contributed by atoms with Crippen molar-refractivity contribution < 1.29 is 4.79 Å². The van der Waals surface area contributed by atoms with Gasteiger partial charge < -0.3 is 9.47 Å². The van der Waals surface area contributed by atoms with Gasteiger partial charge in [0.1, 0.15) is 0 Å². The molecule has 0 saturated carbocycles. The fourth-order valence-corrected chi connectivity index (χ4v) is 3.24. The first-order valence-electron chi connectivity index (χ1n) is 8.63. The van der Waals surface area contributed by atoms with E-state index in [0.717, 1.165) is 30.3 Å². The first-order valence-corrected chi connectivity index (χ1v) is 8.63. The molecule has 1 amide bonds. The Bertz CT molecular complexity index is 693. The van der Waals surface area contributed by atoms with Gasteiger partial charge in [0, 0.05) is 12.1 Å². The van der Waals surface area contributed by atoms with Crippen LogP contribution in [-0.2, 0) is 11.3 Å². The lowest BCUT2D eigenvalue weighted by Crippen LogP contribution is -2.45. The summed E-state index contributed by atoms with van der Waals surface area (Å²) in [7, 11) is 0. The molecule has 1 aliphatic heterocycles. The van der Waals surface area contributed by atoms with Crippen LogP contribution in [0.1, 0.15) is 32.6 Å². The summed E-state index contributed by atoms with van der Waals surface area (Å²) in [5, 5.41) is 8.71. The van der Waals surface area contributed by atoms with Crippen molar-refractivity contribution in [2.24, 2.45) is 0 Å². The first kappa shape index (κ1) is 16.6. The fourth-order valence-electron chi connectivity index (χ4n) is 3.24. The molecule has 0 saturated heterocycles. The van der Waals surface area contributed by atoms with Crippen LogP contribution in [0, 0.1) is 0 Å². The molecule has 2 heterocycles. The molecule has 0 radical (unpaired) electrons. The summed E-state index contributed by atoms with van der Waals surface area (Å²) in [5.41, 5.74) is 1.06. The van der Waals surface area contributed by atoms with Gasteiger partial charge in [-0.15, -0.1) is 10.2 Å². The standard InChI is InChI=1S/C18H25N5O/c1-4-21(5-2)13-17(24)22-11-14(3)23-16(12-22)19-20-18(23)15-9-7-6-8-10-15/h6-10,14H,4-5,11-13H2,1-3H3/t14-/m0/s1. The topological polar surface area (TPSA) is 54.3 Å². The van der Waals surface area contributed by atoms with Crippen LogP contribution in [0.2, 0.25) is 0 Å². The van der Waals surface area contributed by atoms with E-state index in [1.54, 1.807) is 0 Å². The molecule has 0 fully saturated rings. The zero-order valence-electron chi connectivity index (χ0n) is 14.6. The Morgan fingerprint density at radius 3 is 2.58 bits per heavy atom. The maximum Gasteiger partial charge on any atom is 0.237 e. The SMILES string of the molecule is CCN(CC)CC(=O)N1Cc2nnc(-c3ccccc3)n2[C@@H](C)C1. The van der Waals surface area contributed by atoms with Crippen molar-refractivity contribution >= 4 is 5.91 Å². The quantitative estimate of drug-likeness (QED) is 0.845. The third kappa shape index (κ3) is 3.19. The Kier molecular flexibility index (Phi) is 4.94. The van der Waals surface area contributed by atoms with Gasteiger partial charge in [0.15, 0.2) is 11.6 Å². The Labute approximate surface area is 143 Å². The summed E-state index contributed by atoms with van der Waals surface area (Å²) in [6.07, 6.45) is 0. The molecule has 0 unspecified atom stereocenters. The summed E-state index contributed by atoms with van der Waals surface area (Å²) < 4.78 is 2.16. The lowest BCUT2D eigenvalue weighted by molar-refractivity contribution is -0.134. The minimum absolute atomic E-state index is 0.166. The van der Waals surface area contributed by atoms with E-state index >= 15 is 0 Å². The van der Waals surface area contributed by atoms with E-state index < -0.39 is 0 Å². The minimum Gasteiger partial charge on any atom is -0.332 e. The molecule has 0 aliphatic carbocycles. The van der Waals surface area contributed by atoms with Crippen LogP contribution >= 0.6 is 0 Å². The number of likely N-dealkylation sites (N-methyl/N-ethyl adjacent to an activating group) is 1. The predicted molar refractivity (Wildman–Crippen MR) is 93.4 cm³/mol. The lowest BCUT2D eigenvalue weighted by atomic mass is 10.1. The Balaban J connectivity index is 1.80. The lowest BCUT2D eigenvalue weighted by Gasteiger charge is -2.33. The van der Waals surface area contributed by atoms with Crippen LogP contribution < -0.4 is 0 Å². The molecule has 1 aliphatic rings. The van der Waals surface area contributed by atoms with Gasteiger partial charge in [-0.05, 0) is 20.0 Å². The van der Waals surface area contributed by atoms with Gasteiger partial charge in [-0.2, -0.15) is 0 Å². The van der Waals surface area contributed by atoms with Crippen molar-refractivity contribution in [1.29, 1.82) is 0 Å². The maximum absolute atomic E-state index is 12.6. The van der Waals surface area contributed by atoms with Crippen LogP contribution in [-0.4, -0.2) is 56.7 Å². The van der Waals surface area contributed by atoms with Gasteiger partial charge in [0.2, 0.25) is 5.91 Å². The first-order chi connectivity index (χ1) is 11.6. The zero-order valence-corrected chi connectivity index (χ0v) is 14.6. The van der Waals surface area contributed by atoms with E-state index in [1.165, 1.54) is 0 Å². The van der Waals surface area contributed by atoms with Crippen molar-refractivity contribution in [2.75, 3.05) is 26.2 Å². The highest BCUT2D eigenvalue weighted by Crippen LogP contribution is 2.27. The molecule has 6 nitrogen and oxygen atoms in total. The van der Waals surface area contributed by atoms with E-state index in [2.05, 4.69) is 40.4 Å². The Morgan fingerprint density at radius 1 is 1.21 bits per heavy atom. The average molecular weight is 327 g/mol. The molecule has 1 aromatic heterocycles. The molecule has 2 aromatic rings. The third-order valence-electron chi connectivity index (χ3n) is 4.66. The number of rotatable bonds is 5. The number of nitrogens with zero attached hydrogens (tertiary/aromatic N) is 5. The predicted octanol–water partition coefficient (Wildman–Crippen LogP) is 2.19. The minimum atomic E-state index is 0.166. The number of hydrogen-bond acceptors (Lipinski definition) is 4. The largest absolute Gasteiger partial charge is 0.332 e. The molecule has 3 rings (SSSR count). The van der Waals surface area contributed by atoms with E-state index in [0.29, 0.717) is 19.6 Å². The van der Waals surface area contributed by atoms with Gasteiger partial charge in [0.25, 0.3) is 0 Å². The second-order valence-corrected chi connectivity index (χ2v) is 6.26. The number of fused-ring (bicyclic) bond motifs is 1. The number of carbonyl (C=O) groups is 1. The van der Waals surface area contributed by atoms with Gasteiger partial charge in [-0.25, -0.2) is 0 Å². The Hall–Kier alpha value is -2.21. The second-order valence-electron chi connectivity index (χ2n) is 6.26. The summed E-state index contributed by atoms with van der Waals surface area (Å²) >= 11 is 0. The summed E-state index contributed by atoms with van der Waals surface area (Å²) in [4.78, 5) is 16.6. The van der Waals surface area contributed by atoms with Crippen molar-refractivity contribution in [2.45, 2.75) is 33.4 Å². The highest BCUT2D eigenvalue weighted by atomic mass is 16.2. The van der Waals surface area contributed by atoms with Crippen LogP contribution in [0.3, 0.4) is 0 Å². The molecule has 1 aromatic carbocycles. The smallest absolute Gasteiger partial charge is 0.237 e. The van der Waals surface area contributed by atoms with E-state index in [-0.39, 0.29) is 11.9 Å². The van der Waals surface area contributed by atoms with Crippen molar-refractivity contribution in [3.63, 3.8) is 0 Å². The highest BCUT2D eigenvalue weighted by molar-refractivity contribution is 5.78. The Morgan fingerprint density at radius 2 is 1.92 bits per heavy atom. The van der Waals surface area contributed by atoms with Crippen molar-refractivity contribution in [3.8, 4) is 11.4 Å². The molecule has 128 valence electrons. The van der Waals surface area contributed by atoms with Gasteiger partial charge in [-0.1, -0.05) is 44.2 Å². The number of benzene rings is 1. The molecular weight excluding hydrogens is 302 g/mol. The molecule has 0 spiro atoms. The van der Waals surface area contributed by atoms with E-state index in [4.69, 9.17) is 0 Å². The molecular formula is C18H25N5O. The monoisotopic (exact) mass is 327 g/mol. The second kappa shape index (κ2) is 7.13. The van der Waals surface area contributed by atoms with Crippen LogP contribution in [0.5, 0.6) is 0 Å². The van der Waals surface area contributed by atoms with Gasteiger partial charge in [0.05, 0.1) is 19.1 Å². The zero-order chi connectivity index (χ0) is 17.1. The van der Waals surface area contributed by atoms with Crippen LogP contribution in [0.15, 0.2) is 30.3 Å². The fraction of sp³-hybridized carbons (Fsp3) is 0.500. The van der Waals surface area contributed by atoms with E-state index in [9.17, 15) is 4.79 Å². The summed E-state index contributed by atoms with van der Waals surface area (Å²) in [5.74, 6) is 1.91. The highest BCUT2D eigenvalue weighted by Gasteiger charge is 2.29. The number of aromatic nitrogens is 3. The van der Waals surface area contributed by atoms with E-state index in [1.807, 2.05) is 35.2 Å². The van der Waals surface area contributed by atoms with Crippen molar-refractivity contribution in [3.05, 3.63) is 36.2 Å². The molecule has 0 bridgehead atoms. The van der Waals surface area contributed by atoms with Gasteiger partial charge in [-0.3, -0.25) is 9.69 Å². The summed E-state index contributed by atoms with van der Waals surface area (Å²) in [6.45, 7) is 9.77. The molecule has 0 N–H and O–H groups in total. The molecule has 24 heavy (non-hydrogen) atoms. The van der Waals surface area contributed by atoms with Crippen LogP contribution in [0.25, 0.3) is 11.4 Å². The number of amides is 1. The normalized spacial score (nSPS) is 17.2. The molecule has 1 atom stereocenters. The number of hydrogen-bond donors (Lipinski definition) is 0.